The van der Waals surface area contributed by atoms with E-state index in [0.717, 1.165) is 42.2 Å². The van der Waals surface area contributed by atoms with Crippen molar-refractivity contribution in [3.63, 3.8) is 0 Å². The van der Waals surface area contributed by atoms with Crippen molar-refractivity contribution in [1.82, 2.24) is 9.71 Å². The minimum Gasteiger partial charge on any atom is -0.321 e. The molecule has 2 N–H and O–H groups in total. The number of aryl methyl sites for hydroxylation is 2. The van der Waals surface area contributed by atoms with E-state index < -0.39 is 10.0 Å². The molecule has 2 rings (SSSR count). The highest BCUT2D eigenvalue weighted by molar-refractivity contribution is 7.89. The molecule has 0 unspecified atom stereocenters. The van der Waals surface area contributed by atoms with E-state index in [1.807, 2.05) is 19.9 Å². The molecule has 0 saturated heterocycles. The van der Waals surface area contributed by atoms with Crippen molar-refractivity contribution in [2.24, 2.45) is 0 Å². The summed E-state index contributed by atoms with van der Waals surface area (Å²) >= 11 is 0. The van der Waals surface area contributed by atoms with Gasteiger partial charge in [-0.1, -0.05) is 26.2 Å². The molecule has 2 aromatic rings. The summed E-state index contributed by atoms with van der Waals surface area (Å²) in [6, 6.07) is 4.98. The fourth-order valence-corrected chi connectivity index (χ4v) is 4.01. The summed E-state index contributed by atoms with van der Waals surface area (Å²) in [5.41, 5.74) is 1.70. The number of unbranched alkanes of at least 4 members (excludes halogenated alkanes) is 3. The lowest BCUT2D eigenvalue weighted by Gasteiger charge is -2.12. The molecule has 1 heterocycles. The normalized spacial score (nSPS) is 12.0. The number of fused-ring (bicyclic) bond motifs is 1. The Hall–Kier alpha value is -1.66. The van der Waals surface area contributed by atoms with Crippen LogP contribution in [-0.4, -0.2) is 19.9 Å². The molecule has 0 atom stereocenters. The number of hydrogen-bond donors (Lipinski definition) is 2. The first kappa shape index (κ1) is 17.7. The van der Waals surface area contributed by atoms with Crippen LogP contribution in [0, 0.1) is 13.8 Å². The lowest BCUT2D eigenvalue weighted by molar-refractivity contribution is 0.574. The van der Waals surface area contributed by atoms with Gasteiger partial charge in [0.2, 0.25) is 15.6 Å². The van der Waals surface area contributed by atoms with Crippen molar-refractivity contribution in [2.45, 2.75) is 51.3 Å². The number of rotatable bonds is 7. The number of H-pyrrole nitrogens is 1. The quantitative estimate of drug-likeness (QED) is 0.763. The Labute approximate surface area is 137 Å². The van der Waals surface area contributed by atoms with E-state index in [9.17, 15) is 13.2 Å². The summed E-state index contributed by atoms with van der Waals surface area (Å²) < 4.78 is 27.9. The van der Waals surface area contributed by atoms with Crippen LogP contribution in [0.3, 0.4) is 0 Å². The van der Waals surface area contributed by atoms with E-state index in [4.69, 9.17) is 0 Å². The lowest BCUT2D eigenvalue weighted by atomic mass is 10.1. The van der Waals surface area contributed by atoms with Gasteiger partial charge in [0.25, 0.3) is 0 Å². The smallest absolute Gasteiger partial charge is 0.248 e. The molecule has 0 amide bonds. The fraction of sp³-hybridized carbons (Fsp3) is 0.471. The first-order chi connectivity index (χ1) is 10.8. The zero-order chi connectivity index (χ0) is 17.0. The first-order valence-corrected chi connectivity index (χ1v) is 9.47. The Morgan fingerprint density at radius 3 is 2.52 bits per heavy atom. The highest BCUT2D eigenvalue weighted by Gasteiger charge is 2.19. The van der Waals surface area contributed by atoms with Gasteiger partial charge >= 0.3 is 0 Å². The summed E-state index contributed by atoms with van der Waals surface area (Å²) in [7, 11) is -3.65. The Balaban J connectivity index is 2.40. The standard InChI is InChI=1S/C17H24N2O3S/c1-4-5-6-7-8-18-23(21,22)15-10-12(2)9-14-13(3)11-16(20)19-17(14)15/h9-11,18H,4-8H2,1-3H3,(H,19,20). The Bertz CT molecular complexity index is 854. The lowest BCUT2D eigenvalue weighted by Crippen LogP contribution is -2.25. The molecule has 0 bridgehead atoms. The number of sulfonamides is 1. The molecule has 0 aliphatic heterocycles. The number of hydrogen-bond acceptors (Lipinski definition) is 3. The van der Waals surface area contributed by atoms with Crippen molar-refractivity contribution in [2.75, 3.05) is 6.54 Å². The molecule has 0 saturated carbocycles. The molecule has 0 radical (unpaired) electrons. The van der Waals surface area contributed by atoms with Gasteiger partial charge < -0.3 is 4.98 Å². The van der Waals surface area contributed by atoms with E-state index in [-0.39, 0.29) is 10.5 Å². The SMILES string of the molecule is CCCCCCNS(=O)(=O)c1cc(C)cc2c(C)cc(=O)[nH]c12. The minimum atomic E-state index is -3.65. The van der Waals surface area contributed by atoms with E-state index in [1.165, 1.54) is 6.07 Å². The predicted octanol–water partition coefficient (Wildman–Crippen LogP) is 3.00. The Morgan fingerprint density at radius 2 is 1.83 bits per heavy atom. The largest absolute Gasteiger partial charge is 0.321 e. The number of pyridine rings is 1. The molecule has 23 heavy (non-hydrogen) atoms. The van der Waals surface area contributed by atoms with Gasteiger partial charge in [-0.05, 0) is 43.5 Å². The van der Waals surface area contributed by atoms with Gasteiger partial charge in [0.1, 0.15) is 4.90 Å². The van der Waals surface area contributed by atoms with Crippen LogP contribution in [0.4, 0.5) is 0 Å². The van der Waals surface area contributed by atoms with E-state index in [1.54, 1.807) is 6.07 Å². The molecule has 126 valence electrons. The number of aromatic amines is 1. The van der Waals surface area contributed by atoms with Crippen LogP contribution in [-0.2, 0) is 10.0 Å². The van der Waals surface area contributed by atoms with Crippen LogP contribution in [0.25, 0.3) is 10.9 Å². The van der Waals surface area contributed by atoms with Crippen molar-refractivity contribution < 1.29 is 8.42 Å². The third-order valence-corrected chi connectivity index (χ3v) is 5.36. The average Bonchev–Trinajstić information content (AvgIpc) is 2.47. The van der Waals surface area contributed by atoms with Crippen molar-refractivity contribution in [1.29, 1.82) is 0 Å². The fourth-order valence-electron chi connectivity index (χ4n) is 2.67. The average molecular weight is 336 g/mol. The van der Waals surface area contributed by atoms with Crippen molar-refractivity contribution in [3.8, 4) is 0 Å². The van der Waals surface area contributed by atoms with Crippen molar-refractivity contribution in [3.05, 3.63) is 39.7 Å². The number of nitrogens with one attached hydrogen (secondary N) is 2. The molecular weight excluding hydrogens is 312 g/mol. The van der Waals surface area contributed by atoms with Gasteiger partial charge in [-0.25, -0.2) is 13.1 Å². The molecule has 0 aliphatic carbocycles. The maximum absolute atomic E-state index is 12.6. The third-order valence-electron chi connectivity index (χ3n) is 3.88. The number of aromatic nitrogens is 1. The van der Waals surface area contributed by atoms with Gasteiger partial charge in [0, 0.05) is 18.0 Å². The second-order valence-corrected chi connectivity index (χ2v) is 7.70. The van der Waals surface area contributed by atoms with Crippen LogP contribution < -0.4 is 10.3 Å². The van der Waals surface area contributed by atoms with Crippen LogP contribution in [0.15, 0.2) is 27.9 Å². The first-order valence-electron chi connectivity index (χ1n) is 7.99. The Kier molecular flexibility index (Phi) is 5.59. The zero-order valence-corrected chi connectivity index (χ0v) is 14.7. The molecule has 1 aromatic carbocycles. The summed E-state index contributed by atoms with van der Waals surface area (Å²) in [5, 5.41) is 0.760. The molecule has 5 nitrogen and oxygen atoms in total. The predicted molar refractivity (Wildman–Crippen MR) is 93.4 cm³/mol. The summed E-state index contributed by atoms with van der Waals surface area (Å²) in [6.07, 6.45) is 4.02. The van der Waals surface area contributed by atoms with Crippen LogP contribution in [0.5, 0.6) is 0 Å². The number of benzene rings is 1. The topological polar surface area (TPSA) is 79.0 Å². The van der Waals surface area contributed by atoms with E-state index >= 15 is 0 Å². The third kappa shape index (κ3) is 4.20. The highest BCUT2D eigenvalue weighted by atomic mass is 32.2. The zero-order valence-electron chi connectivity index (χ0n) is 13.9. The van der Waals surface area contributed by atoms with Crippen LogP contribution in [0.2, 0.25) is 0 Å². The van der Waals surface area contributed by atoms with Gasteiger partial charge in [0.15, 0.2) is 0 Å². The molecular formula is C17H24N2O3S. The van der Waals surface area contributed by atoms with E-state index in [0.29, 0.717) is 12.1 Å². The van der Waals surface area contributed by atoms with Gasteiger partial charge in [-0.15, -0.1) is 0 Å². The summed E-state index contributed by atoms with van der Waals surface area (Å²) in [5.74, 6) is 0. The molecule has 6 heteroatoms. The summed E-state index contributed by atoms with van der Waals surface area (Å²) in [6.45, 7) is 6.19. The molecule has 0 aliphatic rings. The van der Waals surface area contributed by atoms with Crippen LogP contribution in [0.1, 0.15) is 43.7 Å². The second kappa shape index (κ2) is 7.27. The Morgan fingerprint density at radius 1 is 1.09 bits per heavy atom. The monoisotopic (exact) mass is 336 g/mol. The second-order valence-electron chi connectivity index (χ2n) is 5.96. The van der Waals surface area contributed by atoms with Gasteiger partial charge in [-0.3, -0.25) is 4.79 Å². The van der Waals surface area contributed by atoms with Gasteiger partial charge in [-0.2, -0.15) is 0 Å². The molecule has 0 fully saturated rings. The minimum absolute atomic E-state index is 0.142. The van der Waals surface area contributed by atoms with Crippen LogP contribution >= 0.6 is 0 Å². The van der Waals surface area contributed by atoms with Crippen molar-refractivity contribution >= 4 is 20.9 Å². The molecule has 1 aromatic heterocycles. The van der Waals surface area contributed by atoms with E-state index in [2.05, 4.69) is 16.6 Å². The van der Waals surface area contributed by atoms with Gasteiger partial charge in [0.05, 0.1) is 5.52 Å². The maximum atomic E-state index is 12.6. The highest BCUT2D eigenvalue weighted by Crippen LogP contribution is 2.24. The summed E-state index contributed by atoms with van der Waals surface area (Å²) in [4.78, 5) is 14.5. The molecule has 0 spiro atoms. The maximum Gasteiger partial charge on any atom is 0.248 e.